The Kier molecular flexibility index (Phi) is 4.64. The normalized spacial score (nSPS) is 18.3. The van der Waals surface area contributed by atoms with E-state index in [1.165, 1.54) is 24.1 Å². The van der Waals surface area contributed by atoms with Crippen LogP contribution in [0.25, 0.3) is 0 Å². The van der Waals surface area contributed by atoms with Crippen LogP contribution in [0.15, 0.2) is 18.2 Å². The summed E-state index contributed by atoms with van der Waals surface area (Å²) in [4.78, 5) is 25.1. The Hall–Kier alpha value is -2.28. The molecule has 7 heteroatoms. The van der Waals surface area contributed by atoms with Crippen molar-refractivity contribution in [1.82, 2.24) is 4.90 Å². The Morgan fingerprint density at radius 3 is 2.86 bits per heavy atom. The van der Waals surface area contributed by atoms with Crippen LogP contribution in [0.4, 0.5) is 0 Å². The van der Waals surface area contributed by atoms with Gasteiger partial charge in [0.2, 0.25) is 0 Å². The van der Waals surface area contributed by atoms with Crippen molar-refractivity contribution in [3.63, 3.8) is 0 Å². The molecule has 1 fully saturated rings. The van der Waals surface area contributed by atoms with Gasteiger partial charge in [-0.15, -0.1) is 0 Å². The molecule has 0 saturated carbocycles. The van der Waals surface area contributed by atoms with Crippen LogP contribution in [-0.2, 0) is 14.3 Å². The number of benzene rings is 1. The van der Waals surface area contributed by atoms with Crippen LogP contribution < -0.4 is 0 Å². The van der Waals surface area contributed by atoms with Crippen molar-refractivity contribution >= 4 is 11.9 Å². The third kappa shape index (κ3) is 3.63. The molecule has 0 bridgehead atoms. The van der Waals surface area contributed by atoms with Gasteiger partial charge in [-0.05, 0) is 12.1 Å². The number of phenols is 2. The summed E-state index contributed by atoms with van der Waals surface area (Å²) in [5.74, 6) is -1.17. The molecule has 7 nitrogen and oxygen atoms in total. The summed E-state index contributed by atoms with van der Waals surface area (Å²) in [6.45, 7) is 0.928. The molecule has 1 saturated heterocycles. The lowest BCUT2D eigenvalue weighted by Gasteiger charge is -2.32. The van der Waals surface area contributed by atoms with Gasteiger partial charge >= 0.3 is 5.97 Å². The van der Waals surface area contributed by atoms with E-state index in [1.807, 2.05) is 0 Å². The number of methoxy groups -OCH3 is 1. The van der Waals surface area contributed by atoms with Gasteiger partial charge in [0.15, 0.2) is 0 Å². The van der Waals surface area contributed by atoms with Gasteiger partial charge in [0.05, 0.1) is 31.8 Å². The molecule has 1 amide bonds. The Morgan fingerprint density at radius 2 is 2.19 bits per heavy atom. The topological polar surface area (TPSA) is 96.3 Å². The van der Waals surface area contributed by atoms with E-state index >= 15 is 0 Å². The molecular weight excluding hydrogens is 278 g/mol. The molecule has 2 N–H and O–H groups in total. The zero-order valence-electron chi connectivity index (χ0n) is 11.6. The van der Waals surface area contributed by atoms with Crippen molar-refractivity contribution in [1.29, 1.82) is 0 Å². The smallest absolute Gasteiger partial charge is 0.308 e. The number of carbonyl (C=O) groups is 2. The highest BCUT2D eigenvalue weighted by atomic mass is 16.5. The van der Waals surface area contributed by atoms with E-state index in [0.717, 1.165) is 6.07 Å². The van der Waals surface area contributed by atoms with Gasteiger partial charge in [0.1, 0.15) is 11.5 Å². The Morgan fingerprint density at radius 1 is 1.43 bits per heavy atom. The number of morpholine rings is 1. The van der Waals surface area contributed by atoms with Gasteiger partial charge in [0, 0.05) is 19.2 Å². The molecule has 0 aromatic heterocycles. The Bertz CT molecular complexity index is 544. The molecule has 1 aliphatic heterocycles. The van der Waals surface area contributed by atoms with Gasteiger partial charge in [-0.3, -0.25) is 9.59 Å². The average molecular weight is 295 g/mol. The van der Waals surface area contributed by atoms with Crippen LogP contribution >= 0.6 is 0 Å². The predicted molar refractivity (Wildman–Crippen MR) is 72.0 cm³/mol. The molecule has 1 aromatic rings. The van der Waals surface area contributed by atoms with Crippen molar-refractivity contribution in [2.75, 3.05) is 26.8 Å². The summed E-state index contributed by atoms with van der Waals surface area (Å²) in [7, 11) is 1.29. The zero-order chi connectivity index (χ0) is 15.4. The average Bonchev–Trinajstić information content (AvgIpc) is 2.47. The van der Waals surface area contributed by atoms with E-state index < -0.39 is 12.1 Å². The number of ether oxygens (including phenoxy) is 2. The van der Waals surface area contributed by atoms with Gasteiger partial charge in [-0.25, -0.2) is 0 Å². The molecule has 1 unspecified atom stereocenters. The van der Waals surface area contributed by atoms with Crippen LogP contribution in [0.1, 0.15) is 16.8 Å². The molecule has 0 spiro atoms. The van der Waals surface area contributed by atoms with Gasteiger partial charge in [0.25, 0.3) is 5.91 Å². The van der Waals surface area contributed by atoms with Crippen LogP contribution in [0.5, 0.6) is 11.5 Å². The lowest BCUT2D eigenvalue weighted by molar-refractivity contribution is -0.145. The van der Waals surface area contributed by atoms with Gasteiger partial charge < -0.3 is 24.6 Å². The molecular formula is C14H17NO6. The van der Waals surface area contributed by atoms with E-state index in [2.05, 4.69) is 4.74 Å². The number of amides is 1. The third-order valence-corrected chi connectivity index (χ3v) is 3.26. The van der Waals surface area contributed by atoms with Crippen molar-refractivity contribution in [2.24, 2.45) is 0 Å². The minimum absolute atomic E-state index is 0.0713. The zero-order valence-corrected chi connectivity index (χ0v) is 11.6. The SMILES string of the molecule is COC(=O)CC1CN(C(=O)c2ccc(O)cc2O)CCO1. The number of esters is 1. The molecule has 21 heavy (non-hydrogen) atoms. The second-order valence-electron chi connectivity index (χ2n) is 4.73. The largest absolute Gasteiger partial charge is 0.508 e. The highest BCUT2D eigenvalue weighted by molar-refractivity contribution is 5.97. The summed E-state index contributed by atoms with van der Waals surface area (Å²) in [6.07, 6.45) is -0.351. The van der Waals surface area contributed by atoms with E-state index in [0.29, 0.717) is 13.2 Å². The van der Waals surface area contributed by atoms with E-state index in [9.17, 15) is 19.8 Å². The Labute approximate surface area is 121 Å². The highest BCUT2D eigenvalue weighted by Crippen LogP contribution is 2.24. The molecule has 2 rings (SSSR count). The molecule has 1 heterocycles. The first kappa shape index (κ1) is 15.1. The van der Waals surface area contributed by atoms with E-state index in [1.54, 1.807) is 0 Å². The maximum atomic E-state index is 12.3. The first-order chi connectivity index (χ1) is 10.0. The monoisotopic (exact) mass is 295 g/mol. The second kappa shape index (κ2) is 6.45. The van der Waals surface area contributed by atoms with Gasteiger partial charge in [-0.2, -0.15) is 0 Å². The fraction of sp³-hybridized carbons (Fsp3) is 0.429. The summed E-state index contributed by atoms with van der Waals surface area (Å²) in [5, 5.41) is 19.0. The lowest BCUT2D eigenvalue weighted by atomic mass is 10.1. The number of nitrogens with zero attached hydrogens (tertiary/aromatic N) is 1. The van der Waals surface area contributed by atoms with Gasteiger partial charge in [-0.1, -0.05) is 0 Å². The van der Waals surface area contributed by atoms with Crippen molar-refractivity contribution in [2.45, 2.75) is 12.5 Å². The van der Waals surface area contributed by atoms with Crippen molar-refractivity contribution in [3.8, 4) is 11.5 Å². The highest BCUT2D eigenvalue weighted by Gasteiger charge is 2.28. The van der Waals surface area contributed by atoms with Crippen LogP contribution in [-0.4, -0.2) is 59.9 Å². The molecule has 1 atom stereocenters. The van der Waals surface area contributed by atoms with Crippen molar-refractivity contribution in [3.05, 3.63) is 23.8 Å². The fourth-order valence-corrected chi connectivity index (χ4v) is 2.17. The third-order valence-electron chi connectivity index (χ3n) is 3.26. The summed E-state index contributed by atoms with van der Waals surface area (Å²) < 4.78 is 9.99. The first-order valence-electron chi connectivity index (χ1n) is 6.51. The maximum Gasteiger partial charge on any atom is 0.308 e. The molecule has 1 aliphatic rings. The lowest BCUT2D eigenvalue weighted by Crippen LogP contribution is -2.46. The fourth-order valence-electron chi connectivity index (χ4n) is 2.17. The van der Waals surface area contributed by atoms with Crippen molar-refractivity contribution < 1.29 is 29.3 Å². The Balaban J connectivity index is 2.06. The molecule has 1 aromatic carbocycles. The van der Waals surface area contributed by atoms with Crippen LogP contribution in [0.3, 0.4) is 0 Å². The van der Waals surface area contributed by atoms with E-state index in [-0.39, 0.29) is 35.9 Å². The summed E-state index contributed by atoms with van der Waals surface area (Å²) in [6, 6.07) is 3.80. The molecule has 114 valence electrons. The predicted octanol–water partition coefficient (Wildman–Crippen LogP) is 0.502. The van der Waals surface area contributed by atoms with Crippen LogP contribution in [0.2, 0.25) is 0 Å². The summed E-state index contributed by atoms with van der Waals surface area (Å²) >= 11 is 0. The minimum atomic E-state index is -0.422. The second-order valence-corrected chi connectivity index (χ2v) is 4.73. The number of carbonyl (C=O) groups excluding carboxylic acids is 2. The maximum absolute atomic E-state index is 12.3. The number of aromatic hydroxyl groups is 2. The number of rotatable bonds is 3. The summed E-state index contributed by atoms with van der Waals surface area (Å²) in [5.41, 5.74) is 0.103. The minimum Gasteiger partial charge on any atom is -0.508 e. The first-order valence-corrected chi connectivity index (χ1v) is 6.51. The number of phenolic OH excluding ortho intramolecular Hbond substituents is 2. The number of hydrogen-bond donors (Lipinski definition) is 2. The quantitative estimate of drug-likeness (QED) is 0.788. The standard InChI is InChI=1S/C14H17NO6/c1-20-13(18)7-10-8-15(4-5-21-10)14(19)11-3-2-9(16)6-12(11)17/h2-3,6,10,16-17H,4-5,7-8H2,1H3. The van der Waals surface area contributed by atoms with Crippen LogP contribution in [0, 0.1) is 0 Å². The van der Waals surface area contributed by atoms with E-state index in [4.69, 9.17) is 4.74 Å². The number of hydrogen-bond acceptors (Lipinski definition) is 6. The molecule has 0 aliphatic carbocycles. The molecule has 0 radical (unpaired) electrons.